The molecule has 0 saturated carbocycles. The third-order valence-corrected chi connectivity index (χ3v) is 5.87. The minimum atomic E-state index is -1.83. The van der Waals surface area contributed by atoms with Gasteiger partial charge in [0.2, 0.25) is 0 Å². The zero-order valence-corrected chi connectivity index (χ0v) is 16.5. The van der Waals surface area contributed by atoms with E-state index in [1.165, 1.54) is 0 Å². The van der Waals surface area contributed by atoms with Gasteiger partial charge in [-0.05, 0) is 18.7 Å². The van der Waals surface area contributed by atoms with Crippen LogP contribution in [0.15, 0.2) is 59.1 Å². The summed E-state index contributed by atoms with van der Waals surface area (Å²) in [6, 6.07) is 15.6. The van der Waals surface area contributed by atoms with Crippen molar-refractivity contribution in [3.8, 4) is 0 Å². The average molecular weight is 430 g/mol. The van der Waals surface area contributed by atoms with E-state index in [1.807, 2.05) is 0 Å². The first-order valence-electron chi connectivity index (χ1n) is 8.67. The van der Waals surface area contributed by atoms with Gasteiger partial charge in [0.05, 0.1) is 5.92 Å². The smallest absolute Gasteiger partial charge is 0.319 e. The van der Waals surface area contributed by atoms with Crippen molar-refractivity contribution in [2.24, 2.45) is 5.41 Å². The van der Waals surface area contributed by atoms with Crippen molar-refractivity contribution < 1.29 is 19.5 Å². The van der Waals surface area contributed by atoms with Gasteiger partial charge in [0.15, 0.2) is 17.0 Å². The molecule has 0 spiro atoms. The Morgan fingerprint density at radius 1 is 1.11 bits per heavy atom. The Balaban J connectivity index is 2.25. The number of benzene rings is 2. The molecule has 140 valence electrons. The second kappa shape index (κ2) is 7.74. The summed E-state index contributed by atoms with van der Waals surface area (Å²) in [5, 5.41) is 10.2. The maximum Gasteiger partial charge on any atom is 0.319 e. The topological polar surface area (TPSA) is 74.7 Å². The summed E-state index contributed by atoms with van der Waals surface area (Å²) >= 11 is 3.44. The van der Waals surface area contributed by atoms with Gasteiger partial charge in [-0.2, -0.15) is 0 Å². The largest absolute Gasteiger partial charge is 0.480 e. The number of rotatable bonds is 5. The normalized spacial score (nSPS) is 21.6. The van der Waals surface area contributed by atoms with Crippen molar-refractivity contribution >= 4 is 33.5 Å². The molecule has 1 saturated heterocycles. The minimum Gasteiger partial charge on any atom is -0.480 e. The van der Waals surface area contributed by atoms with Gasteiger partial charge >= 0.3 is 5.97 Å². The molecule has 0 bridgehead atoms. The van der Waals surface area contributed by atoms with Crippen LogP contribution >= 0.6 is 15.9 Å². The van der Waals surface area contributed by atoms with Crippen LogP contribution in [-0.4, -0.2) is 47.7 Å². The van der Waals surface area contributed by atoms with Crippen molar-refractivity contribution in [1.82, 2.24) is 4.90 Å². The number of carbonyl (C=O) groups is 3. The molecule has 1 heterocycles. The lowest BCUT2D eigenvalue weighted by molar-refractivity contribution is -0.159. The Kier molecular flexibility index (Phi) is 5.58. The molecule has 0 amide bonds. The maximum atomic E-state index is 13.5. The number of likely N-dealkylation sites (tertiary alicyclic amines) is 1. The fraction of sp³-hybridized carbons (Fsp3) is 0.286. The third-order valence-electron chi connectivity index (χ3n) is 5.15. The van der Waals surface area contributed by atoms with Gasteiger partial charge in [-0.1, -0.05) is 64.5 Å². The summed E-state index contributed by atoms with van der Waals surface area (Å²) in [7, 11) is 1.77. The Labute approximate surface area is 166 Å². The van der Waals surface area contributed by atoms with Crippen molar-refractivity contribution in [2.45, 2.75) is 12.3 Å². The quantitative estimate of drug-likeness (QED) is 0.582. The number of hydrogen-bond acceptors (Lipinski definition) is 4. The molecule has 2 atom stereocenters. The lowest BCUT2D eigenvalue weighted by Gasteiger charge is -2.41. The summed E-state index contributed by atoms with van der Waals surface area (Å²) in [6.45, 7) is 0.474. The van der Waals surface area contributed by atoms with E-state index in [-0.39, 0.29) is 18.7 Å². The van der Waals surface area contributed by atoms with E-state index < -0.39 is 23.1 Å². The number of nitrogens with zero attached hydrogens (tertiary/aromatic N) is 1. The predicted octanol–water partition coefficient (Wildman–Crippen LogP) is 3.39. The van der Waals surface area contributed by atoms with Crippen molar-refractivity contribution in [3.63, 3.8) is 0 Å². The lowest BCUT2D eigenvalue weighted by atomic mass is 9.64. The maximum absolute atomic E-state index is 13.5. The Morgan fingerprint density at radius 3 is 2.37 bits per heavy atom. The number of hydrogen-bond donors (Lipinski definition) is 1. The van der Waals surface area contributed by atoms with E-state index in [1.54, 1.807) is 66.5 Å². The number of piperidine rings is 1. The van der Waals surface area contributed by atoms with Gasteiger partial charge in [0.25, 0.3) is 0 Å². The first-order valence-corrected chi connectivity index (χ1v) is 9.46. The molecule has 1 fully saturated rings. The molecule has 6 heteroatoms. The van der Waals surface area contributed by atoms with Crippen LogP contribution in [0.1, 0.15) is 28.3 Å². The molecule has 0 radical (unpaired) electrons. The summed E-state index contributed by atoms with van der Waals surface area (Å²) in [4.78, 5) is 40.8. The number of Topliss-reactive ketones (excluding diaryl/α,β-unsaturated/α-hetero) is 2. The van der Waals surface area contributed by atoms with Crippen molar-refractivity contribution in [2.75, 3.05) is 20.1 Å². The van der Waals surface area contributed by atoms with Crippen LogP contribution in [0.5, 0.6) is 0 Å². The summed E-state index contributed by atoms with van der Waals surface area (Å²) in [6.07, 6.45) is 0.103. The van der Waals surface area contributed by atoms with Crippen molar-refractivity contribution in [3.05, 3.63) is 70.2 Å². The molecule has 2 unspecified atom stereocenters. The number of aliphatic carboxylic acids is 1. The van der Waals surface area contributed by atoms with E-state index in [2.05, 4.69) is 15.9 Å². The summed E-state index contributed by atoms with van der Waals surface area (Å²) in [5.41, 5.74) is -0.929. The highest BCUT2D eigenvalue weighted by atomic mass is 79.9. The summed E-state index contributed by atoms with van der Waals surface area (Å²) < 4.78 is 0.612. The Bertz CT molecular complexity index is 883. The van der Waals surface area contributed by atoms with Crippen LogP contribution in [0, 0.1) is 5.41 Å². The number of ketones is 2. The van der Waals surface area contributed by atoms with Crippen molar-refractivity contribution in [1.29, 1.82) is 0 Å². The van der Waals surface area contributed by atoms with Crippen LogP contribution < -0.4 is 0 Å². The highest BCUT2D eigenvalue weighted by molar-refractivity contribution is 9.10. The SMILES string of the molecule is CN1CCC(=O)C(C(=O)O)(C(C(=O)c2ccccc2)c2ccccc2Br)C1. The molecule has 3 rings (SSSR count). The molecule has 2 aromatic carbocycles. The van der Waals surface area contributed by atoms with Gasteiger partial charge in [-0.25, -0.2) is 0 Å². The van der Waals surface area contributed by atoms with Gasteiger partial charge in [-0.3, -0.25) is 14.4 Å². The van der Waals surface area contributed by atoms with E-state index in [0.717, 1.165) is 0 Å². The molecule has 1 aliphatic heterocycles. The van der Waals surface area contributed by atoms with Crippen LogP contribution in [0.3, 0.4) is 0 Å². The molecular formula is C21H20BrNO4. The highest BCUT2D eigenvalue weighted by Gasteiger charge is 2.57. The van der Waals surface area contributed by atoms with Gasteiger partial charge in [0, 0.05) is 29.5 Å². The molecule has 0 aliphatic carbocycles. The fourth-order valence-corrected chi connectivity index (χ4v) is 4.29. The number of carboxylic acids is 1. The zero-order chi connectivity index (χ0) is 19.6. The zero-order valence-electron chi connectivity index (χ0n) is 14.9. The van der Waals surface area contributed by atoms with Gasteiger partial charge in [-0.15, -0.1) is 0 Å². The van der Waals surface area contributed by atoms with Gasteiger partial charge in [0.1, 0.15) is 0 Å². The fourth-order valence-electron chi connectivity index (χ4n) is 3.78. The monoisotopic (exact) mass is 429 g/mol. The number of halogens is 1. The average Bonchev–Trinajstić information content (AvgIpc) is 2.66. The lowest BCUT2D eigenvalue weighted by Crippen LogP contribution is -2.57. The Morgan fingerprint density at radius 2 is 1.74 bits per heavy atom. The van der Waals surface area contributed by atoms with E-state index in [9.17, 15) is 19.5 Å². The van der Waals surface area contributed by atoms with Crippen LogP contribution in [0.4, 0.5) is 0 Å². The van der Waals surface area contributed by atoms with E-state index in [0.29, 0.717) is 22.1 Å². The van der Waals surface area contributed by atoms with E-state index >= 15 is 0 Å². The van der Waals surface area contributed by atoms with Crippen LogP contribution in [0.2, 0.25) is 0 Å². The van der Waals surface area contributed by atoms with Crippen LogP contribution in [0.25, 0.3) is 0 Å². The first-order chi connectivity index (χ1) is 12.9. The molecular weight excluding hydrogens is 410 g/mol. The minimum absolute atomic E-state index is 0.00819. The third kappa shape index (κ3) is 3.47. The molecule has 5 nitrogen and oxygen atoms in total. The molecule has 1 N–H and O–H groups in total. The summed E-state index contributed by atoms with van der Waals surface area (Å²) in [5.74, 6) is -3.15. The van der Waals surface area contributed by atoms with E-state index in [4.69, 9.17) is 0 Å². The molecule has 0 aromatic heterocycles. The second-order valence-electron chi connectivity index (χ2n) is 6.87. The standard InChI is InChI=1S/C21H20BrNO4/c1-23-12-11-17(24)21(13-23,20(26)27)18(15-9-5-6-10-16(15)22)19(25)14-7-3-2-4-8-14/h2-10,18H,11-13H2,1H3,(H,26,27). The Hall–Kier alpha value is -2.31. The highest BCUT2D eigenvalue weighted by Crippen LogP contribution is 2.45. The number of carbonyl (C=O) groups excluding carboxylic acids is 2. The first kappa shape index (κ1) is 19.5. The van der Waals surface area contributed by atoms with Gasteiger partial charge < -0.3 is 10.0 Å². The van der Waals surface area contributed by atoms with Crippen LogP contribution in [-0.2, 0) is 9.59 Å². The molecule has 1 aliphatic rings. The molecule has 2 aromatic rings. The number of carboxylic acid groups (broad SMARTS) is 1. The molecule has 27 heavy (non-hydrogen) atoms. The predicted molar refractivity (Wildman–Crippen MR) is 105 cm³/mol. The second-order valence-corrected chi connectivity index (χ2v) is 7.73.